The summed E-state index contributed by atoms with van der Waals surface area (Å²) in [5, 5.41) is 3.90. The third-order valence-corrected chi connectivity index (χ3v) is 9.49. The molecule has 216 valence electrons. The molecule has 0 radical (unpaired) electrons. The minimum absolute atomic E-state index is 0.959. The van der Waals surface area contributed by atoms with Crippen molar-refractivity contribution in [1.82, 2.24) is 0 Å². The first-order valence-corrected chi connectivity index (χ1v) is 16.0. The molecule has 0 unspecified atom stereocenters. The smallest absolute Gasteiger partial charge is 0.193 e. The van der Waals surface area contributed by atoms with Crippen molar-refractivity contribution >= 4 is 21.7 Å². The van der Waals surface area contributed by atoms with Crippen molar-refractivity contribution in [3.05, 3.63) is 181 Å². The zero-order valence-electron chi connectivity index (χ0n) is 25.5. The van der Waals surface area contributed by atoms with Crippen LogP contribution in [0.25, 0.3) is 66.4 Å². The normalized spacial score (nSPS) is 12.2. The molecule has 0 N–H and O–H groups in total. The van der Waals surface area contributed by atoms with Crippen molar-refractivity contribution < 1.29 is 9.13 Å². The number of para-hydroxylation sites is 1. The molecular formula is C44H32N2+2. The highest BCUT2D eigenvalue weighted by molar-refractivity contribution is 5.85. The molecule has 4 heterocycles. The Bertz CT molecular complexity index is 2350. The number of aromatic nitrogens is 2. The van der Waals surface area contributed by atoms with E-state index in [4.69, 9.17) is 0 Å². The number of nitrogens with zero attached hydrogens (tertiary/aromatic N) is 2. The molecule has 0 saturated heterocycles. The van der Waals surface area contributed by atoms with Gasteiger partial charge in [0.05, 0.1) is 11.1 Å². The Morgan fingerprint density at radius 2 is 0.935 bits per heavy atom. The molecule has 0 bridgehead atoms. The molecule has 2 aromatic heterocycles. The van der Waals surface area contributed by atoms with E-state index in [-0.39, 0.29) is 0 Å². The lowest BCUT2D eigenvalue weighted by Gasteiger charge is -2.03. The molecule has 0 spiro atoms. The molecule has 0 atom stereocenters. The lowest BCUT2D eigenvalue weighted by atomic mass is 9.98. The summed E-state index contributed by atoms with van der Waals surface area (Å²) in [6, 6.07) is 58.9. The number of hydrogen-bond donors (Lipinski definition) is 0. The average Bonchev–Trinajstić information content (AvgIpc) is 3.69. The van der Waals surface area contributed by atoms with Crippen LogP contribution in [0, 0.1) is 0 Å². The maximum atomic E-state index is 2.43. The Morgan fingerprint density at radius 1 is 0.370 bits per heavy atom. The van der Waals surface area contributed by atoms with Gasteiger partial charge in [0.1, 0.15) is 0 Å². The average molecular weight is 589 g/mol. The molecule has 0 saturated carbocycles. The predicted octanol–water partition coefficient (Wildman–Crippen LogP) is 9.65. The quantitative estimate of drug-likeness (QED) is 0.178. The molecule has 6 aromatic carbocycles. The summed E-state index contributed by atoms with van der Waals surface area (Å²) in [4.78, 5) is 0. The van der Waals surface area contributed by atoms with Gasteiger partial charge in [-0.1, -0.05) is 115 Å². The number of pyridine rings is 2. The van der Waals surface area contributed by atoms with Gasteiger partial charge in [0.15, 0.2) is 19.3 Å². The lowest BCUT2D eigenvalue weighted by molar-refractivity contribution is -0.670. The Hall–Kier alpha value is -5.86. The maximum absolute atomic E-state index is 2.43. The van der Waals surface area contributed by atoms with E-state index in [1.807, 2.05) is 0 Å². The van der Waals surface area contributed by atoms with Crippen LogP contribution < -0.4 is 9.13 Å². The molecule has 2 aliphatic heterocycles. The van der Waals surface area contributed by atoms with Crippen LogP contribution in [0.1, 0.15) is 11.1 Å². The molecule has 2 aliphatic rings. The van der Waals surface area contributed by atoms with Crippen LogP contribution in [0.3, 0.4) is 0 Å². The summed E-state index contributed by atoms with van der Waals surface area (Å²) in [7, 11) is 0. The van der Waals surface area contributed by atoms with E-state index in [0.717, 1.165) is 13.1 Å². The third kappa shape index (κ3) is 4.58. The number of fused-ring (bicyclic) bond motifs is 9. The molecular weight excluding hydrogens is 556 g/mol. The third-order valence-electron chi connectivity index (χ3n) is 9.49. The largest absolute Gasteiger partial charge is 0.213 e. The zero-order chi connectivity index (χ0) is 30.5. The molecule has 2 nitrogen and oxygen atoms in total. The van der Waals surface area contributed by atoms with Crippen LogP contribution in [-0.2, 0) is 13.1 Å². The van der Waals surface area contributed by atoms with E-state index in [1.165, 1.54) is 77.6 Å². The maximum Gasteiger partial charge on any atom is 0.213 e. The van der Waals surface area contributed by atoms with Crippen molar-refractivity contribution in [3.63, 3.8) is 0 Å². The van der Waals surface area contributed by atoms with Crippen LogP contribution in [0.4, 0.5) is 0 Å². The Labute approximate surface area is 269 Å². The standard InChI is InChI=1S/2C22H16N/c1-2-6-16(7-3-1)18-10-11-20-15-23-14-19-9-5-4-8-17(19)13-22(23)21(20)12-18;1-2-6-16(7-3-1)18-10-11-19-15-23-21-9-5-4-8-17(21)12-13-22(23)20(19)14-18/h2*1-14H,15H2/q2*+1. The number of hydrogen-bond acceptors (Lipinski definition) is 0. The molecule has 46 heavy (non-hydrogen) atoms. The molecule has 10 rings (SSSR count). The molecule has 2 heteroatoms. The van der Waals surface area contributed by atoms with Gasteiger partial charge in [-0.3, -0.25) is 0 Å². The van der Waals surface area contributed by atoms with Gasteiger partial charge in [-0.2, -0.15) is 9.13 Å². The van der Waals surface area contributed by atoms with Gasteiger partial charge in [-0.15, -0.1) is 0 Å². The molecule has 0 aliphatic carbocycles. The van der Waals surface area contributed by atoms with Crippen molar-refractivity contribution in [2.24, 2.45) is 0 Å². The van der Waals surface area contributed by atoms with E-state index in [1.54, 1.807) is 0 Å². The summed E-state index contributed by atoms with van der Waals surface area (Å²) < 4.78 is 4.79. The van der Waals surface area contributed by atoms with E-state index in [0.29, 0.717) is 0 Å². The highest BCUT2D eigenvalue weighted by Crippen LogP contribution is 2.34. The van der Waals surface area contributed by atoms with Crippen LogP contribution in [0.2, 0.25) is 0 Å². The first kappa shape index (κ1) is 26.5. The van der Waals surface area contributed by atoms with E-state index < -0.39 is 0 Å². The van der Waals surface area contributed by atoms with E-state index in [9.17, 15) is 0 Å². The van der Waals surface area contributed by atoms with Crippen molar-refractivity contribution in [3.8, 4) is 44.8 Å². The van der Waals surface area contributed by atoms with Crippen LogP contribution in [0.5, 0.6) is 0 Å². The zero-order valence-corrected chi connectivity index (χ0v) is 25.5. The van der Waals surface area contributed by atoms with Gasteiger partial charge in [0.2, 0.25) is 16.9 Å². The second kappa shape index (κ2) is 10.9. The Kier molecular flexibility index (Phi) is 6.31. The predicted molar refractivity (Wildman–Crippen MR) is 188 cm³/mol. The topological polar surface area (TPSA) is 7.76 Å². The second-order valence-corrected chi connectivity index (χ2v) is 12.3. The highest BCUT2D eigenvalue weighted by atomic mass is 15.0. The van der Waals surface area contributed by atoms with Gasteiger partial charge >= 0.3 is 0 Å². The lowest BCUT2D eigenvalue weighted by Crippen LogP contribution is -2.33. The first-order valence-electron chi connectivity index (χ1n) is 16.0. The van der Waals surface area contributed by atoms with Gasteiger partial charge in [-0.05, 0) is 58.0 Å². The minimum Gasteiger partial charge on any atom is -0.193 e. The van der Waals surface area contributed by atoms with Gasteiger partial charge in [0.25, 0.3) is 0 Å². The molecule has 8 aromatic rings. The summed E-state index contributed by atoms with van der Waals surface area (Å²) in [5.74, 6) is 0. The fourth-order valence-corrected chi connectivity index (χ4v) is 7.14. The van der Waals surface area contributed by atoms with Crippen molar-refractivity contribution in [2.45, 2.75) is 13.1 Å². The minimum atomic E-state index is 0.959. The van der Waals surface area contributed by atoms with E-state index in [2.05, 4.69) is 179 Å². The number of benzene rings is 6. The fraction of sp³-hybridized carbons (Fsp3) is 0.0455. The fourth-order valence-electron chi connectivity index (χ4n) is 7.14. The molecule has 0 amide bonds. The SMILES string of the molecule is c1ccc(-c2ccc3c(c2)-c2cc4ccccc4c[n+]2C3)cc1.c1ccc(-c2ccc3c(c2)-c2ccc4ccccc4[n+]2C3)cc1. The number of rotatable bonds is 2. The first-order chi connectivity index (χ1) is 22.8. The van der Waals surface area contributed by atoms with E-state index >= 15 is 0 Å². The highest BCUT2D eigenvalue weighted by Gasteiger charge is 2.29. The Morgan fingerprint density at radius 3 is 1.63 bits per heavy atom. The van der Waals surface area contributed by atoms with Gasteiger partial charge < -0.3 is 0 Å². The summed E-state index contributed by atoms with van der Waals surface area (Å²) in [5.41, 5.74) is 14.6. The van der Waals surface area contributed by atoms with Crippen molar-refractivity contribution in [2.75, 3.05) is 0 Å². The summed E-state index contributed by atoms with van der Waals surface area (Å²) >= 11 is 0. The van der Waals surface area contributed by atoms with Crippen LogP contribution >= 0.6 is 0 Å². The van der Waals surface area contributed by atoms with Crippen molar-refractivity contribution in [1.29, 1.82) is 0 Å². The summed E-state index contributed by atoms with van der Waals surface area (Å²) in [6.07, 6.45) is 2.27. The molecule has 0 fully saturated rings. The second-order valence-electron chi connectivity index (χ2n) is 12.3. The van der Waals surface area contributed by atoms with Crippen LogP contribution in [-0.4, -0.2) is 0 Å². The monoisotopic (exact) mass is 588 g/mol. The van der Waals surface area contributed by atoms with Gasteiger partial charge in [-0.25, -0.2) is 0 Å². The summed E-state index contributed by atoms with van der Waals surface area (Å²) in [6.45, 7) is 1.92. The van der Waals surface area contributed by atoms with Gasteiger partial charge in [0, 0.05) is 40.1 Å². The Balaban J connectivity index is 0.000000127. The van der Waals surface area contributed by atoms with Crippen LogP contribution in [0.15, 0.2) is 170 Å².